The number of nitrogens with two attached hydrogens (primary N) is 1. The first-order valence-corrected chi connectivity index (χ1v) is 17.7. The Balaban J connectivity index is 1.37. The van der Waals surface area contributed by atoms with Crippen LogP contribution in [-0.4, -0.2) is 57.4 Å². The van der Waals surface area contributed by atoms with Gasteiger partial charge in [0.2, 0.25) is 17.7 Å². The maximum atomic E-state index is 13.9. The van der Waals surface area contributed by atoms with Gasteiger partial charge in [-0.3, -0.25) is 19.2 Å². The van der Waals surface area contributed by atoms with Gasteiger partial charge in [0, 0.05) is 16.8 Å². The molecule has 6 N–H and O–H groups in total. The average molecular weight is 670 g/mol. The maximum Gasteiger partial charge on any atom is 0.270 e. The van der Waals surface area contributed by atoms with E-state index >= 15 is 0 Å². The van der Waals surface area contributed by atoms with Gasteiger partial charge in [-0.2, -0.15) is 0 Å². The Labute approximate surface area is 289 Å². The van der Waals surface area contributed by atoms with Gasteiger partial charge in [0.25, 0.3) is 5.91 Å². The molecule has 7 atom stereocenters. The number of carbonyl (C=O) groups is 4. The van der Waals surface area contributed by atoms with E-state index in [0.29, 0.717) is 30.2 Å². The number of para-hydroxylation sites is 1. The van der Waals surface area contributed by atoms with Gasteiger partial charge in [-0.15, -0.1) is 0 Å². The van der Waals surface area contributed by atoms with Gasteiger partial charge in [0.15, 0.2) is 0 Å². The lowest BCUT2D eigenvalue weighted by atomic mass is 9.59. The minimum absolute atomic E-state index is 0.0175. The van der Waals surface area contributed by atoms with E-state index in [1.165, 1.54) is 6.42 Å². The molecule has 2 fully saturated rings. The molecule has 5 rings (SSSR count). The first-order chi connectivity index (χ1) is 23.4. The molecule has 10 nitrogen and oxygen atoms in total. The molecule has 0 aliphatic heterocycles. The molecule has 10 heteroatoms. The molecule has 4 amide bonds. The Morgan fingerprint density at radius 2 is 1.61 bits per heavy atom. The van der Waals surface area contributed by atoms with Crippen LogP contribution in [-0.2, 0) is 20.8 Å². The third kappa shape index (κ3) is 9.65. The van der Waals surface area contributed by atoms with Crippen molar-refractivity contribution in [2.75, 3.05) is 0 Å². The van der Waals surface area contributed by atoms with Crippen LogP contribution >= 0.6 is 0 Å². The normalized spacial score (nSPS) is 22.6. The monoisotopic (exact) mass is 669 g/mol. The molecule has 0 bridgehead atoms. The maximum absolute atomic E-state index is 13.9. The van der Waals surface area contributed by atoms with E-state index in [9.17, 15) is 24.3 Å². The van der Waals surface area contributed by atoms with Crippen LogP contribution in [0.5, 0.6) is 0 Å². The fourth-order valence-corrected chi connectivity index (χ4v) is 7.90. The van der Waals surface area contributed by atoms with Crippen molar-refractivity contribution >= 4 is 34.5 Å². The van der Waals surface area contributed by atoms with Crippen LogP contribution < -0.4 is 21.7 Å². The van der Waals surface area contributed by atoms with Gasteiger partial charge in [-0.05, 0) is 88.3 Å². The molecule has 2 aliphatic carbocycles. The second-order valence-corrected chi connectivity index (χ2v) is 15.0. The van der Waals surface area contributed by atoms with E-state index in [2.05, 4.69) is 20.9 Å². The number of nitrogens with one attached hydrogen (secondary N) is 3. The molecule has 3 aromatic rings. The van der Waals surface area contributed by atoms with Gasteiger partial charge < -0.3 is 26.8 Å². The molecule has 49 heavy (non-hydrogen) atoms. The Morgan fingerprint density at radius 3 is 2.35 bits per heavy atom. The molecule has 1 heterocycles. The van der Waals surface area contributed by atoms with E-state index in [0.717, 1.165) is 43.1 Å². The van der Waals surface area contributed by atoms with Crippen molar-refractivity contribution in [2.45, 2.75) is 102 Å². The lowest BCUT2D eigenvalue weighted by Crippen LogP contribution is -2.55. The zero-order chi connectivity index (χ0) is 35.1. The van der Waals surface area contributed by atoms with Crippen molar-refractivity contribution in [1.82, 2.24) is 20.9 Å². The number of rotatable bonds is 12. The highest BCUT2D eigenvalue weighted by atomic mass is 16.3. The summed E-state index contributed by atoms with van der Waals surface area (Å²) in [6.07, 6.45) is 5.45. The van der Waals surface area contributed by atoms with Gasteiger partial charge in [0.1, 0.15) is 11.7 Å². The average Bonchev–Trinajstić information content (AvgIpc) is 3.07. The number of hydrogen-bond donors (Lipinski definition) is 5. The second-order valence-electron chi connectivity index (χ2n) is 15.0. The molecule has 2 aliphatic rings. The molecule has 1 unspecified atom stereocenters. The van der Waals surface area contributed by atoms with Crippen molar-refractivity contribution in [3.63, 3.8) is 0 Å². The number of hydrogen-bond acceptors (Lipinski definition) is 6. The SMILES string of the molecule is CC(C)(C)NC(=O)[C@@H]1CC[C@@H]2CCCC[C@@H]2C1C[C@@H](O)[C@H](Cc1ccccc1)NC(=O)[C@H](CC(N)=O)NC(=O)c1ccc2ccccc2n1. The zero-order valence-electron chi connectivity index (χ0n) is 28.9. The Morgan fingerprint density at radius 1 is 0.898 bits per heavy atom. The number of aliphatic hydroxyl groups excluding tert-OH is 1. The van der Waals surface area contributed by atoms with Gasteiger partial charge >= 0.3 is 0 Å². The highest BCUT2D eigenvalue weighted by Gasteiger charge is 2.45. The largest absolute Gasteiger partial charge is 0.391 e. The van der Waals surface area contributed by atoms with Crippen molar-refractivity contribution in [3.8, 4) is 0 Å². The van der Waals surface area contributed by atoms with Crippen molar-refractivity contribution in [3.05, 3.63) is 78.0 Å². The fourth-order valence-electron chi connectivity index (χ4n) is 7.90. The van der Waals surface area contributed by atoms with Crippen molar-refractivity contribution in [1.29, 1.82) is 0 Å². The third-order valence-corrected chi connectivity index (χ3v) is 10.2. The number of aromatic nitrogens is 1. The summed E-state index contributed by atoms with van der Waals surface area (Å²) in [7, 11) is 0. The Bertz CT molecular complexity index is 1620. The predicted molar refractivity (Wildman–Crippen MR) is 189 cm³/mol. The van der Waals surface area contributed by atoms with Crippen LogP contribution in [0, 0.1) is 23.7 Å². The number of carbonyl (C=O) groups excluding carboxylic acids is 4. The predicted octanol–water partition coefficient (Wildman–Crippen LogP) is 4.43. The quantitative estimate of drug-likeness (QED) is 0.192. The standard InChI is InChI=1S/C39H51N5O5/c1-39(2,3)44-36(47)28-19-17-25-13-7-9-15-27(25)29(28)22-34(45)32(21-24-11-5-4-6-12-24)42-38(49)33(23-35(40)46)43-37(48)31-20-18-26-14-8-10-16-30(26)41-31/h4-6,8,10-12,14,16,18,20,25,27-29,32-34,45H,7,9,13,15,17,19,21-23H2,1-3H3,(H2,40,46)(H,42,49)(H,43,48)(H,44,47)/t25-,27-,28+,29?,32-,33-,34+/m0/s1. The smallest absolute Gasteiger partial charge is 0.270 e. The van der Waals surface area contributed by atoms with E-state index in [4.69, 9.17) is 5.73 Å². The number of nitrogens with zero attached hydrogens (tertiary/aromatic N) is 1. The summed E-state index contributed by atoms with van der Waals surface area (Å²) < 4.78 is 0. The Kier molecular flexibility index (Phi) is 11.7. The van der Waals surface area contributed by atoms with Gasteiger partial charge in [-0.1, -0.05) is 73.9 Å². The van der Waals surface area contributed by atoms with Crippen molar-refractivity contribution in [2.24, 2.45) is 29.4 Å². The molecule has 2 aromatic carbocycles. The fraction of sp³-hybridized carbons (Fsp3) is 0.513. The first-order valence-electron chi connectivity index (χ1n) is 17.7. The topological polar surface area (TPSA) is 164 Å². The zero-order valence-corrected chi connectivity index (χ0v) is 28.9. The molecule has 2 saturated carbocycles. The number of fused-ring (bicyclic) bond motifs is 2. The third-order valence-electron chi connectivity index (χ3n) is 10.2. The molecule has 0 saturated heterocycles. The van der Waals surface area contributed by atoms with Crippen LogP contribution in [0.2, 0.25) is 0 Å². The summed E-state index contributed by atoms with van der Waals surface area (Å²) >= 11 is 0. The minimum Gasteiger partial charge on any atom is -0.391 e. The van der Waals surface area contributed by atoms with E-state index < -0.39 is 42.3 Å². The van der Waals surface area contributed by atoms with Crippen LogP contribution in [0.1, 0.15) is 88.2 Å². The molecule has 262 valence electrons. The lowest BCUT2D eigenvalue weighted by Gasteiger charge is -2.47. The number of benzene rings is 2. The minimum atomic E-state index is -1.29. The number of primary amides is 1. The molecule has 1 aromatic heterocycles. The van der Waals surface area contributed by atoms with Crippen LogP contribution in [0.25, 0.3) is 10.9 Å². The molecular formula is C39H51N5O5. The molecule has 0 radical (unpaired) electrons. The lowest BCUT2D eigenvalue weighted by molar-refractivity contribution is -0.133. The number of amides is 4. The molecular weight excluding hydrogens is 618 g/mol. The highest BCUT2D eigenvalue weighted by Crippen LogP contribution is 2.48. The van der Waals surface area contributed by atoms with Gasteiger partial charge in [-0.25, -0.2) is 4.98 Å². The van der Waals surface area contributed by atoms with E-state index in [1.54, 1.807) is 18.2 Å². The van der Waals surface area contributed by atoms with E-state index in [1.807, 2.05) is 69.3 Å². The highest BCUT2D eigenvalue weighted by molar-refractivity contribution is 5.99. The summed E-state index contributed by atoms with van der Waals surface area (Å²) in [5, 5.41) is 21.6. The van der Waals surface area contributed by atoms with E-state index in [-0.39, 0.29) is 29.0 Å². The van der Waals surface area contributed by atoms with Crippen molar-refractivity contribution < 1.29 is 24.3 Å². The summed E-state index contributed by atoms with van der Waals surface area (Å²) in [6.45, 7) is 5.93. The number of aliphatic hydroxyl groups is 1. The summed E-state index contributed by atoms with van der Waals surface area (Å²) in [5.41, 5.74) is 6.78. The summed E-state index contributed by atoms with van der Waals surface area (Å²) in [5.74, 6) is -1.44. The molecule has 0 spiro atoms. The van der Waals surface area contributed by atoms with Crippen LogP contribution in [0.3, 0.4) is 0 Å². The van der Waals surface area contributed by atoms with Crippen LogP contribution in [0.4, 0.5) is 0 Å². The summed E-state index contributed by atoms with van der Waals surface area (Å²) in [4.78, 5) is 57.4. The number of pyridine rings is 1. The summed E-state index contributed by atoms with van der Waals surface area (Å²) in [6, 6.07) is 18.2. The van der Waals surface area contributed by atoms with Crippen LogP contribution in [0.15, 0.2) is 66.7 Å². The van der Waals surface area contributed by atoms with Gasteiger partial charge in [0.05, 0.1) is 24.1 Å². The second kappa shape index (κ2) is 15.9. The Hall–Kier alpha value is -4.31. The first kappa shape index (κ1) is 36.0.